The number of alkyl halides is 3. The van der Waals surface area contributed by atoms with Crippen molar-refractivity contribution in [3.63, 3.8) is 0 Å². The Bertz CT molecular complexity index is 644. The number of halogens is 4. The van der Waals surface area contributed by atoms with Gasteiger partial charge in [-0.05, 0) is 23.8 Å². The molecule has 0 atom stereocenters. The Morgan fingerprint density at radius 1 is 1.25 bits per heavy atom. The summed E-state index contributed by atoms with van der Waals surface area (Å²) >= 11 is 5.66. The largest absolute Gasteiger partial charge is 0.573 e. The maximum absolute atomic E-state index is 12.2. The van der Waals surface area contributed by atoms with Crippen LogP contribution in [0.1, 0.15) is 10.4 Å². The van der Waals surface area contributed by atoms with Crippen LogP contribution in [0.2, 0.25) is 5.15 Å². The van der Waals surface area contributed by atoms with Crippen LogP contribution in [0.4, 0.5) is 13.2 Å². The third kappa shape index (κ3) is 3.48. The van der Waals surface area contributed by atoms with Crippen LogP contribution in [0.3, 0.4) is 0 Å². The van der Waals surface area contributed by atoms with E-state index in [2.05, 4.69) is 9.72 Å². The van der Waals surface area contributed by atoms with E-state index in [1.165, 1.54) is 30.5 Å². The highest BCUT2D eigenvalue weighted by atomic mass is 35.5. The highest BCUT2D eigenvalue weighted by Gasteiger charge is 2.31. The number of hydrogen-bond acceptors (Lipinski definition) is 3. The van der Waals surface area contributed by atoms with Crippen LogP contribution in [0.15, 0.2) is 36.5 Å². The molecule has 1 aromatic heterocycles. The highest BCUT2D eigenvalue weighted by molar-refractivity contribution is 6.29. The second kappa shape index (κ2) is 5.50. The van der Waals surface area contributed by atoms with E-state index < -0.39 is 6.36 Å². The number of benzene rings is 1. The standard InChI is InChI=1S/C13H7ClF3NO2/c14-12-5-9(7-19)11(6-18-12)8-2-1-3-10(4-8)20-13(15,16)17/h1-7H. The molecule has 20 heavy (non-hydrogen) atoms. The van der Waals surface area contributed by atoms with Gasteiger partial charge in [-0.25, -0.2) is 4.98 Å². The fourth-order valence-electron chi connectivity index (χ4n) is 1.64. The molecule has 0 radical (unpaired) electrons. The van der Waals surface area contributed by atoms with E-state index in [1.54, 1.807) is 6.07 Å². The molecule has 0 N–H and O–H groups in total. The van der Waals surface area contributed by atoms with Gasteiger partial charge in [0.05, 0.1) is 0 Å². The zero-order valence-corrected chi connectivity index (χ0v) is 10.6. The van der Waals surface area contributed by atoms with Gasteiger partial charge >= 0.3 is 6.36 Å². The van der Waals surface area contributed by atoms with Crippen LogP contribution in [0.25, 0.3) is 11.1 Å². The maximum Gasteiger partial charge on any atom is 0.573 e. The minimum Gasteiger partial charge on any atom is -0.406 e. The van der Waals surface area contributed by atoms with E-state index in [-0.39, 0.29) is 16.5 Å². The number of nitrogens with zero attached hydrogens (tertiary/aromatic N) is 1. The molecule has 2 rings (SSSR count). The molecule has 1 heterocycles. The predicted octanol–water partition coefficient (Wildman–Crippen LogP) is 4.11. The summed E-state index contributed by atoms with van der Waals surface area (Å²) in [6, 6.07) is 6.61. The third-order valence-electron chi connectivity index (χ3n) is 2.41. The molecule has 2 aromatic rings. The maximum atomic E-state index is 12.2. The molecule has 0 unspecified atom stereocenters. The second-order valence-electron chi connectivity index (χ2n) is 3.79. The number of pyridine rings is 1. The predicted molar refractivity (Wildman–Crippen MR) is 66.8 cm³/mol. The van der Waals surface area contributed by atoms with Crippen molar-refractivity contribution in [1.82, 2.24) is 4.98 Å². The van der Waals surface area contributed by atoms with Gasteiger partial charge in [-0.2, -0.15) is 0 Å². The Balaban J connectivity index is 2.43. The Morgan fingerprint density at radius 2 is 2.00 bits per heavy atom. The van der Waals surface area contributed by atoms with Crippen LogP contribution in [0.5, 0.6) is 5.75 Å². The molecule has 0 bridgehead atoms. The average molecular weight is 302 g/mol. The lowest BCUT2D eigenvalue weighted by Crippen LogP contribution is -2.17. The number of ether oxygens (including phenoxy) is 1. The Kier molecular flexibility index (Phi) is 3.94. The van der Waals surface area contributed by atoms with Crippen LogP contribution < -0.4 is 4.74 Å². The monoisotopic (exact) mass is 301 g/mol. The summed E-state index contributed by atoms with van der Waals surface area (Å²) in [6.45, 7) is 0. The molecule has 0 saturated heterocycles. The van der Waals surface area contributed by atoms with Gasteiger partial charge < -0.3 is 4.74 Å². The lowest BCUT2D eigenvalue weighted by atomic mass is 10.0. The SMILES string of the molecule is O=Cc1cc(Cl)ncc1-c1cccc(OC(F)(F)F)c1. The van der Waals surface area contributed by atoms with Gasteiger partial charge in [0.25, 0.3) is 0 Å². The summed E-state index contributed by atoms with van der Waals surface area (Å²) in [5.41, 5.74) is 0.976. The molecule has 0 aliphatic heterocycles. The Morgan fingerprint density at radius 3 is 2.65 bits per heavy atom. The first-order valence-corrected chi connectivity index (χ1v) is 5.74. The van der Waals surface area contributed by atoms with Gasteiger partial charge in [0, 0.05) is 17.3 Å². The van der Waals surface area contributed by atoms with E-state index >= 15 is 0 Å². The van der Waals surface area contributed by atoms with Gasteiger partial charge in [-0.1, -0.05) is 23.7 Å². The van der Waals surface area contributed by atoms with Crippen LogP contribution in [0, 0.1) is 0 Å². The molecule has 104 valence electrons. The van der Waals surface area contributed by atoms with Gasteiger partial charge in [-0.15, -0.1) is 13.2 Å². The molecule has 3 nitrogen and oxygen atoms in total. The van der Waals surface area contributed by atoms with E-state index in [1.807, 2.05) is 0 Å². The zero-order chi connectivity index (χ0) is 14.8. The molecule has 0 spiro atoms. The van der Waals surface area contributed by atoms with Crippen molar-refractivity contribution in [3.05, 3.63) is 47.2 Å². The van der Waals surface area contributed by atoms with Crippen molar-refractivity contribution in [2.75, 3.05) is 0 Å². The summed E-state index contributed by atoms with van der Waals surface area (Å²) in [7, 11) is 0. The molecule has 0 amide bonds. The van der Waals surface area contributed by atoms with Gasteiger partial charge in [0.15, 0.2) is 6.29 Å². The minimum atomic E-state index is -4.77. The van der Waals surface area contributed by atoms with Crippen molar-refractivity contribution in [2.24, 2.45) is 0 Å². The summed E-state index contributed by atoms with van der Waals surface area (Å²) in [5.74, 6) is -0.373. The molecule has 0 fully saturated rings. The molecule has 0 saturated carbocycles. The Hall–Kier alpha value is -2.08. The van der Waals surface area contributed by atoms with Crippen molar-refractivity contribution >= 4 is 17.9 Å². The lowest BCUT2D eigenvalue weighted by molar-refractivity contribution is -0.274. The van der Waals surface area contributed by atoms with E-state index in [9.17, 15) is 18.0 Å². The third-order valence-corrected chi connectivity index (χ3v) is 2.61. The summed E-state index contributed by atoms with van der Waals surface area (Å²) in [6.07, 6.45) is -2.90. The van der Waals surface area contributed by atoms with Crippen molar-refractivity contribution in [3.8, 4) is 16.9 Å². The smallest absolute Gasteiger partial charge is 0.406 e. The second-order valence-corrected chi connectivity index (χ2v) is 4.18. The van der Waals surface area contributed by atoms with E-state index in [0.29, 0.717) is 17.4 Å². The van der Waals surface area contributed by atoms with Crippen molar-refractivity contribution in [2.45, 2.75) is 6.36 Å². The number of carbonyl (C=O) groups excluding carboxylic acids is 1. The molecular weight excluding hydrogens is 295 g/mol. The lowest BCUT2D eigenvalue weighted by Gasteiger charge is -2.10. The fourth-order valence-corrected chi connectivity index (χ4v) is 1.81. The Labute approximate surface area is 117 Å². The molecule has 0 aliphatic rings. The van der Waals surface area contributed by atoms with Gasteiger partial charge in [-0.3, -0.25) is 4.79 Å². The van der Waals surface area contributed by atoms with E-state index in [4.69, 9.17) is 11.6 Å². The number of aromatic nitrogens is 1. The quantitative estimate of drug-likeness (QED) is 0.632. The number of hydrogen-bond donors (Lipinski definition) is 0. The minimum absolute atomic E-state index is 0.124. The van der Waals surface area contributed by atoms with Crippen LogP contribution >= 0.6 is 11.6 Å². The fraction of sp³-hybridized carbons (Fsp3) is 0.0769. The first-order valence-electron chi connectivity index (χ1n) is 5.36. The van der Waals surface area contributed by atoms with Crippen molar-refractivity contribution in [1.29, 1.82) is 0 Å². The first kappa shape index (κ1) is 14.3. The zero-order valence-electron chi connectivity index (χ0n) is 9.82. The number of carbonyl (C=O) groups is 1. The van der Waals surface area contributed by atoms with Crippen LogP contribution in [-0.4, -0.2) is 17.6 Å². The highest BCUT2D eigenvalue weighted by Crippen LogP contribution is 2.29. The first-order chi connectivity index (χ1) is 9.39. The summed E-state index contributed by atoms with van der Waals surface area (Å²) < 4.78 is 40.3. The summed E-state index contributed by atoms with van der Waals surface area (Å²) in [4.78, 5) is 14.8. The average Bonchev–Trinajstić information content (AvgIpc) is 2.36. The van der Waals surface area contributed by atoms with Gasteiger partial charge in [0.1, 0.15) is 10.9 Å². The van der Waals surface area contributed by atoms with Crippen molar-refractivity contribution < 1.29 is 22.7 Å². The topological polar surface area (TPSA) is 39.2 Å². The molecular formula is C13H7ClF3NO2. The van der Waals surface area contributed by atoms with E-state index in [0.717, 1.165) is 0 Å². The van der Waals surface area contributed by atoms with Crippen LogP contribution in [-0.2, 0) is 0 Å². The number of rotatable bonds is 3. The molecule has 0 aliphatic carbocycles. The number of aldehydes is 1. The normalized spacial score (nSPS) is 11.2. The van der Waals surface area contributed by atoms with Gasteiger partial charge in [0.2, 0.25) is 0 Å². The molecule has 1 aromatic carbocycles. The molecule has 7 heteroatoms. The summed E-state index contributed by atoms with van der Waals surface area (Å²) in [5, 5.41) is 0.124.